The van der Waals surface area contributed by atoms with Gasteiger partial charge in [0, 0.05) is 31.6 Å². The topological polar surface area (TPSA) is 106 Å². The summed E-state index contributed by atoms with van der Waals surface area (Å²) in [6, 6.07) is 10.9. The monoisotopic (exact) mass is 505 g/mol. The average molecular weight is 506 g/mol. The molecule has 9 nitrogen and oxygen atoms in total. The first kappa shape index (κ1) is 26.9. The fourth-order valence-electron chi connectivity index (χ4n) is 3.99. The zero-order valence-electron chi connectivity index (χ0n) is 20.6. The third-order valence-electron chi connectivity index (χ3n) is 5.90. The minimum absolute atomic E-state index is 0.0911. The number of hydrogen-bond donors (Lipinski definition) is 2. The largest absolute Gasteiger partial charge is 0.493 e. The predicted octanol–water partition coefficient (Wildman–Crippen LogP) is 2.26. The molecule has 0 saturated carbocycles. The van der Waals surface area contributed by atoms with E-state index in [0.717, 1.165) is 44.8 Å². The molecule has 10 heteroatoms. The molecule has 0 aromatic heterocycles. The maximum atomic E-state index is 13.2. The maximum absolute atomic E-state index is 13.2. The molecular weight excluding hydrogens is 470 g/mol. The molecule has 1 aliphatic heterocycles. The third kappa shape index (κ3) is 7.66. The van der Waals surface area contributed by atoms with Gasteiger partial charge in [-0.25, -0.2) is 13.1 Å². The third-order valence-corrected chi connectivity index (χ3v) is 7.39. The van der Waals surface area contributed by atoms with E-state index in [1.807, 2.05) is 6.92 Å². The maximum Gasteiger partial charge on any atom is 0.241 e. The molecule has 1 fully saturated rings. The van der Waals surface area contributed by atoms with Crippen molar-refractivity contribution in [2.45, 2.75) is 30.7 Å². The number of benzene rings is 2. The highest BCUT2D eigenvalue weighted by molar-refractivity contribution is 7.89. The molecule has 0 radical (unpaired) electrons. The van der Waals surface area contributed by atoms with E-state index in [9.17, 15) is 13.2 Å². The van der Waals surface area contributed by atoms with Gasteiger partial charge in [0.2, 0.25) is 15.9 Å². The summed E-state index contributed by atoms with van der Waals surface area (Å²) in [7, 11) is -0.906. The number of aryl methyl sites for hydroxylation is 1. The van der Waals surface area contributed by atoms with E-state index in [1.165, 1.54) is 14.2 Å². The Kier molecular flexibility index (Phi) is 9.91. The van der Waals surface area contributed by atoms with E-state index in [2.05, 4.69) is 14.9 Å². The summed E-state index contributed by atoms with van der Waals surface area (Å²) in [4.78, 5) is 15.3. The summed E-state index contributed by atoms with van der Waals surface area (Å²) in [6.07, 6.45) is 0.708. The van der Waals surface area contributed by atoms with Gasteiger partial charge in [0.25, 0.3) is 0 Å². The number of rotatable bonds is 12. The van der Waals surface area contributed by atoms with Gasteiger partial charge in [-0.05, 0) is 38.1 Å². The summed E-state index contributed by atoms with van der Waals surface area (Å²) >= 11 is 0. The number of nitrogens with zero attached hydrogens (tertiary/aromatic N) is 1. The van der Waals surface area contributed by atoms with Gasteiger partial charge in [0.05, 0.1) is 38.4 Å². The van der Waals surface area contributed by atoms with Crippen LogP contribution in [0.1, 0.15) is 30.0 Å². The van der Waals surface area contributed by atoms with Crippen LogP contribution in [0.5, 0.6) is 11.5 Å². The summed E-state index contributed by atoms with van der Waals surface area (Å²) in [6.45, 7) is 6.52. The minimum atomic E-state index is -3.90. The van der Waals surface area contributed by atoms with Crippen molar-refractivity contribution in [3.8, 4) is 11.5 Å². The highest BCUT2D eigenvalue weighted by Gasteiger charge is 2.27. The Morgan fingerprint density at radius 1 is 1.09 bits per heavy atom. The lowest BCUT2D eigenvalue weighted by molar-refractivity contribution is -0.121. The molecular formula is C25H35N3O6S. The van der Waals surface area contributed by atoms with Crippen molar-refractivity contribution in [1.29, 1.82) is 0 Å². The molecule has 1 aliphatic rings. The number of nitrogens with one attached hydrogen (secondary N) is 2. The highest BCUT2D eigenvalue weighted by Crippen LogP contribution is 2.36. The number of methoxy groups -OCH3 is 2. The molecule has 0 spiro atoms. The second-order valence-electron chi connectivity index (χ2n) is 8.43. The molecule has 1 amide bonds. The molecule has 1 atom stereocenters. The van der Waals surface area contributed by atoms with Crippen LogP contribution in [-0.4, -0.2) is 72.8 Å². The fourth-order valence-corrected chi connectivity index (χ4v) is 5.20. The summed E-state index contributed by atoms with van der Waals surface area (Å²) in [5.74, 6) is 0.579. The standard InChI is InChI=1S/C25H35N3O6S/c1-19-8-10-20(11-9-19)35(30,31)27-22(21-6-4-7-23(32-2)25(21)33-3)18-24(29)26-12-5-13-28-14-16-34-17-15-28/h4,6-11,22,27H,5,12-18H2,1-3H3,(H,26,29)/t22-/m1/s1. The van der Waals surface area contributed by atoms with E-state index < -0.39 is 16.1 Å². The van der Waals surface area contributed by atoms with Crippen LogP contribution in [0.15, 0.2) is 47.4 Å². The van der Waals surface area contributed by atoms with E-state index >= 15 is 0 Å². The number of morpholine rings is 1. The van der Waals surface area contributed by atoms with Gasteiger partial charge >= 0.3 is 0 Å². The van der Waals surface area contributed by atoms with Crippen molar-refractivity contribution in [1.82, 2.24) is 14.9 Å². The number of amides is 1. The van der Waals surface area contributed by atoms with Crippen molar-refractivity contribution in [2.75, 3.05) is 53.6 Å². The van der Waals surface area contributed by atoms with Gasteiger partial charge in [-0.3, -0.25) is 9.69 Å². The Balaban J connectivity index is 1.74. The second-order valence-corrected chi connectivity index (χ2v) is 10.1. The van der Waals surface area contributed by atoms with E-state index in [1.54, 1.807) is 42.5 Å². The predicted molar refractivity (Wildman–Crippen MR) is 133 cm³/mol. The van der Waals surface area contributed by atoms with Gasteiger partial charge in [0.15, 0.2) is 11.5 Å². The highest BCUT2D eigenvalue weighted by atomic mass is 32.2. The van der Waals surface area contributed by atoms with Crippen molar-refractivity contribution >= 4 is 15.9 Å². The lowest BCUT2D eigenvalue weighted by Crippen LogP contribution is -2.38. The zero-order valence-corrected chi connectivity index (χ0v) is 21.4. The summed E-state index contributed by atoms with van der Waals surface area (Å²) in [5.41, 5.74) is 1.47. The fraction of sp³-hybridized carbons (Fsp3) is 0.480. The van der Waals surface area contributed by atoms with Crippen molar-refractivity contribution < 1.29 is 27.4 Å². The van der Waals surface area contributed by atoms with Gasteiger partial charge in [-0.1, -0.05) is 29.8 Å². The van der Waals surface area contributed by atoms with Crippen LogP contribution in [0.2, 0.25) is 0 Å². The molecule has 2 N–H and O–H groups in total. The van der Waals surface area contributed by atoms with Crippen LogP contribution in [0.4, 0.5) is 0 Å². The number of ether oxygens (including phenoxy) is 3. The van der Waals surface area contributed by atoms with Crippen LogP contribution >= 0.6 is 0 Å². The average Bonchev–Trinajstić information content (AvgIpc) is 2.86. The first-order valence-corrected chi connectivity index (χ1v) is 13.2. The van der Waals surface area contributed by atoms with E-state index in [4.69, 9.17) is 14.2 Å². The second kappa shape index (κ2) is 12.9. The quantitative estimate of drug-likeness (QED) is 0.426. The smallest absolute Gasteiger partial charge is 0.241 e. The number of para-hydroxylation sites is 1. The Morgan fingerprint density at radius 3 is 2.46 bits per heavy atom. The van der Waals surface area contributed by atoms with Crippen molar-refractivity contribution in [2.24, 2.45) is 0 Å². The molecule has 3 rings (SSSR count). The van der Waals surface area contributed by atoms with Crippen LogP contribution < -0.4 is 19.5 Å². The molecule has 1 saturated heterocycles. The van der Waals surface area contributed by atoms with E-state index in [0.29, 0.717) is 23.6 Å². The normalized spacial score (nSPS) is 15.4. The molecule has 192 valence electrons. The Hall–Kier alpha value is -2.66. The van der Waals surface area contributed by atoms with Crippen LogP contribution in [0.3, 0.4) is 0 Å². The SMILES string of the molecule is COc1cccc([C@@H](CC(=O)NCCCN2CCOCC2)NS(=O)(=O)c2ccc(C)cc2)c1OC. The number of carbonyl (C=O) groups is 1. The molecule has 1 heterocycles. The molecule has 0 aliphatic carbocycles. The first-order valence-electron chi connectivity index (χ1n) is 11.7. The zero-order chi connectivity index (χ0) is 25.3. The minimum Gasteiger partial charge on any atom is -0.493 e. The van der Waals surface area contributed by atoms with Crippen molar-refractivity contribution in [3.05, 3.63) is 53.6 Å². The molecule has 0 unspecified atom stereocenters. The van der Waals surface area contributed by atoms with Crippen LogP contribution in [-0.2, 0) is 19.6 Å². The Bertz CT molecular complexity index is 1070. The number of sulfonamides is 1. The van der Waals surface area contributed by atoms with Crippen LogP contribution in [0.25, 0.3) is 0 Å². The summed E-state index contributed by atoms with van der Waals surface area (Å²) < 4.78 is 45.3. The Morgan fingerprint density at radius 2 is 1.80 bits per heavy atom. The van der Waals surface area contributed by atoms with Gasteiger partial charge in [-0.15, -0.1) is 0 Å². The van der Waals surface area contributed by atoms with Gasteiger partial charge in [0.1, 0.15) is 0 Å². The molecule has 2 aromatic rings. The lowest BCUT2D eigenvalue weighted by atomic mass is 10.0. The van der Waals surface area contributed by atoms with Gasteiger partial charge < -0.3 is 19.5 Å². The lowest BCUT2D eigenvalue weighted by Gasteiger charge is -2.26. The Labute approximate surface area is 207 Å². The first-order chi connectivity index (χ1) is 16.8. The van der Waals surface area contributed by atoms with E-state index in [-0.39, 0.29) is 17.2 Å². The van der Waals surface area contributed by atoms with Gasteiger partial charge in [-0.2, -0.15) is 0 Å². The molecule has 2 aromatic carbocycles. The number of hydrogen-bond acceptors (Lipinski definition) is 7. The number of carbonyl (C=O) groups excluding carboxylic acids is 1. The summed E-state index contributed by atoms with van der Waals surface area (Å²) in [5, 5.41) is 2.92. The molecule has 35 heavy (non-hydrogen) atoms. The molecule has 0 bridgehead atoms. The van der Waals surface area contributed by atoms with Crippen molar-refractivity contribution in [3.63, 3.8) is 0 Å². The van der Waals surface area contributed by atoms with Crippen LogP contribution in [0, 0.1) is 6.92 Å².